The lowest BCUT2D eigenvalue weighted by Gasteiger charge is -2.13. The van der Waals surface area contributed by atoms with Gasteiger partial charge in [0.15, 0.2) is 0 Å². The normalized spacial score (nSPS) is 11.1. The number of halogens is 3. The molecule has 2 aromatic rings. The van der Waals surface area contributed by atoms with E-state index in [4.69, 9.17) is 0 Å². The standard InChI is InChI=1S/C15H11F3N2O3S/c16-15(17,18)12-3-1-2-4-13(12)19-14(21)9-24-11-7-5-10(6-8-11)20(22)23/h1-8H,9H2,(H,19,21). The van der Waals surface area contributed by atoms with Crippen molar-refractivity contribution in [3.05, 3.63) is 64.2 Å². The molecule has 0 bridgehead atoms. The highest BCUT2D eigenvalue weighted by Crippen LogP contribution is 2.34. The number of nitro groups is 1. The zero-order valence-electron chi connectivity index (χ0n) is 12.0. The van der Waals surface area contributed by atoms with E-state index in [0.717, 1.165) is 17.8 Å². The second-order valence-electron chi connectivity index (χ2n) is 4.63. The monoisotopic (exact) mass is 356 g/mol. The number of nitro benzene ring substituents is 1. The zero-order valence-corrected chi connectivity index (χ0v) is 12.9. The van der Waals surface area contributed by atoms with Gasteiger partial charge >= 0.3 is 6.18 Å². The van der Waals surface area contributed by atoms with Crippen LogP contribution in [0.2, 0.25) is 0 Å². The number of rotatable bonds is 5. The van der Waals surface area contributed by atoms with E-state index in [1.54, 1.807) is 0 Å². The Hall–Kier alpha value is -2.55. The van der Waals surface area contributed by atoms with E-state index in [9.17, 15) is 28.1 Å². The van der Waals surface area contributed by atoms with Gasteiger partial charge in [0, 0.05) is 17.0 Å². The summed E-state index contributed by atoms with van der Waals surface area (Å²) in [5.74, 6) is -0.723. The molecule has 9 heteroatoms. The minimum atomic E-state index is -4.56. The molecular weight excluding hydrogens is 345 g/mol. The molecule has 0 aliphatic heterocycles. The highest BCUT2D eigenvalue weighted by molar-refractivity contribution is 8.00. The first-order valence-electron chi connectivity index (χ1n) is 6.60. The highest BCUT2D eigenvalue weighted by Gasteiger charge is 2.33. The van der Waals surface area contributed by atoms with E-state index in [0.29, 0.717) is 4.90 Å². The summed E-state index contributed by atoms with van der Waals surface area (Å²) in [4.78, 5) is 22.4. The molecule has 0 radical (unpaired) electrons. The average molecular weight is 356 g/mol. The van der Waals surface area contributed by atoms with Crippen molar-refractivity contribution >= 4 is 29.0 Å². The number of nitrogens with one attached hydrogen (secondary N) is 1. The van der Waals surface area contributed by atoms with Crippen LogP contribution in [-0.2, 0) is 11.0 Å². The van der Waals surface area contributed by atoms with Gasteiger partial charge in [0.1, 0.15) is 0 Å². The predicted octanol–water partition coefficient (Wildman–Crippen LogP) is 4.34. The molecule has 0 fully saturated rings. The van der Waals surface area contributed by atoms with Crippen LogP contribution in [0.25, 0.3) is 0 Å². The van der Waals surface area contributed by atoms with Gasteiger partial charge < -0.3 is 5.32 Å². The van der Waals surface area contributed by atoms with Crippen molar-refractivity contribution in [3.8, 4) is 0 Å². The van der Waals surface area contributed by atoms with E-state index in [-0.39, 0.29) is 17.1 Å². The second-order valence-corrected chi connectivity index (χ2v) is 5.68. The van der Waals surface area contributed by atoms with Crippen molar-refractivity contribution < 1.29 is 22.9 Å². The fourth-order valence-corrected chi connectivity index (χ4v) is 2.54. The van der Waals surface area contributed by atoms with Crippen molar-refractivity contribution in [2.75, 3.05) is 11.1 Å². The number of benzene rings is 2. The topological polar surface area (TPSA) is 72.2 Å². The van der Waals surface area contributed by atoms with E-state index in [2.05, 4.69) is 5.32 Å². The highest BCUT2D eigenvalue weighted by atomic mass is 32.2. The summed E-state index contributed by atoms with van der Waals surface area (Å²) in [6.07, 6.45) is -4.56. The van der Waals surface area contributed by atoms with Gasteiger partial charge in [0.05, 0.1) is 21.9 Å². The third-order valence-electron chi connectivity index (χ3n) is 2.92. The Bertz CT molecular complexity index is 748. The van der Waals surface area contributed by atoms with Gasteiger partial charge in [-0.3, -0.25) is 14.9 Å². The number of carbonyl (C=O) groups is 1. The average Bonchev–Trinajstić information content (AvgIpc) is 2.53. The Kier molecular flexibility index (Phi) is 5.45. The van der Waals surface area contributed by atoms with Crippen molar-refractivity contribution in [2.24, 2.45) is 0 Å². The molecule has 1 N–H and O–H groups in total. The number of non-ortho nitro benzene ring substituents is 1. The second kappa shape index (κ2) is 7.35. The predicted molar refractivity (Wildman–Crippen MR) is 83.9 cm³/mol. The van der Waals surface area contributed by atoms with Crippen LogP contribution in [0, 0.1) is 10.1 Å². The van der Waals surface area contributed by atoms with Gasteiger partial charge in [0.25, 0.3) is 5.69 Å². The summed E-state index contributed by atoms with van der Waals surface area (Å²) < 4.78 is 38.5. The minimum Gasteiger partial charge on any atom is -0.325 e. The maximum atomic E-state index is 12.8. The quantitative estimate of drug-likeness (QED) is 0.491. The molecule has 126 valence electrons. The van der Waals surface area contributed by atoms with Crippen LogP contribution in [-0.4, -0.2) is 16.6 Å². The Morgan fingerprint density at radius 1 is 1.12 bits per heavy atom. The number of anilines is 1. The zero-order chi connectivity index (χ0) is 17.7. The molecule has 2 aromatic carbocycles. The number of alkyl halides is 3. The molecule has 0 saturated carbocycles. The van der Waals surface area contributed by atoms with Crippen LogP contribution in [0.3, 0.4) is 0 Å². The summed E-state index contributed by atoms with van der Waals surface area (Å²) in [5.41, 5.74) is -1.30. The summed E-state index contributed by atoms with van der Waals surface area (Å²) >= 11 is 1.07. The Morgan fingerprint density at radius 2 is 1.75 bits per heavy atom. The van der Waals surface area contributed by atoms with Crippen molar-refractivity contribution in [2.45, 2.75) is 11.1 Å². The molecule has 0 aromatic heterocycles. The van der Waals surface area contributed by atoms with Gasteiger partial charge in [-0.15, -0.1) is 11.8 Å². The lowest BCUT2D eigenvalue weighted by Crippen LogP contribution is -2.18. The first-order chi connectivity index (χ1) is 11.3. The first kappa shape index (κ1) is 17.8. The Morgan fingerprint density at radius 3 is 2.33 bits per heavy atom. The Balaban J connectivity index is 1.98. The third-order valence-corrected chi connectivity index (χ3v) is 3.94. The fraction of sp³-hybridized carbons (Fsp3) is 0.133. The molecule has 0 aliphatic rings. The number of carbonyl (C=O) groups excluding carboxylic acids is 1. The SMILES string of the molecule is O=C(CSc1ccc([N+](=O)[O-])cc1)Nc1ccccc1C(F)(F)F. The smallest absolute Gasteiger partial charge is 0.325 e. The molecule has 5 nitrogen and oxygen atoms in total. The molecule has 0 heterocycles. The number of para-hydroxylation sites is 1. The van der Waals surface area contributed by atoms with Crippen LogP contribution in [0.1, 0.15) is 5.56 Å². The third kappa shape index (κ3) is 4.72. The van der Waals surface area contributed by atoms with Crippen molar-refractivity contribution in [1.29, 1.82) is 0 Å². The molecule has 24 heavy (non-hydrogen) atoms. The lowest BCUT2D eigenvalue weighted by atomic mass is 10.1. The summed E-state index contributed by atoms with van der Waals surface area (Å²) in [6.45, 7) is 0. The van der Waals surface area contributed by atoms with Crippen LogP contribution in [0.15, 0.2) is 53.4 Å². The molecule has 1 amide bonds. The Labute approximate surface area is 139 Å². The fourth-order valence-electron chi connectivity index (χ4n) is 1.84. The van der Waals surface area contributed by atoms with Crippen LogP contribution in [0.4, 0.5) is 24.5 Å². The minimum absolute atomic E-state index is 0.0806. The molecule has 0 aliphatic carbocycles. The summed E-state index contributed by atoms with van der Waals surface area (Å²) in [7, 11) is 0. The number of nitrogens with zero attached hydrogens (tertiary/aromatic N) is 1. The number of thioether (sulfide) groups is 1. The maximum Gasteiger partial charge on any atom is 0.418 e. The van der Waals surface area contributed by atoms with Gasteiger partial charge in [-0.25, -0.2) is 0 Å². The maximum absolute atomic E-state index is 12.8. The van der Waals surface area contributed by atoms with Crippen LogP contribution >= 0.6 is 11.8 Å². The largest absolute Gasteiger partial charge is 0.418 e. The molecule has 0 unspecified atom stereocenters. The van der Waals surface area contributed by atoms with Gasteiger partial charge in [-0.2, -0.15) is 13.2 Å². The van der Waals surface area contributed by atoms with Crippen molar-refractivity contribution in [3.63, 3.8) is 0 Å². The molecule has 2 rings (SSSR count). The molecule has 0 saturated heterocycles. The molecule has 0 atom stereocenters. The molecular formula is C15H11F3N2O3S. The van der Waals surface area contributed by atoms with E-state index in [1.807, 2.05) is 0 Å². The molecule has 0 spiro atoms. The van der Waals surface area contributed by atoms with Gasteiger partial charge in [-0.1, -0.05) is 12.1 Å². The number of amides is 1. The lowest BCUT2D eigenvalue weighted by molar-refractivity contribution is -0.384. The van der Waals surface area contributed by atoms with E-state index >= 15 is 0 Å². The number of hydrogen-bond acceptors (Lipinski definition) is 4. The summed E-state index contributed by atoms with van der Waals surface area (Å²) in [6, 6.07) is 10.2. The van der Waals surface area contributed by atoms with Crippen LogP contribution in [0.5, 0.6) is 0 Å². The van der Waals surface area contributed by atoms with Gasteiger partial charge in [-0.05, 0) is 24.3 Å². The van der Waals surface area contributed by atoms with Crippen molar-refractivity contribution in [1.82, 2.24) is 0 Å². The van der Waals surface area contributed by atoms with E-state index in [1.165, 1.54) is 42.5 Å². The first-order valence-corrected chi connectivity index (χ1v) is 7.59. The van der Waals surface area contributed by atoms with Gasteiger partial charge in [0.2, 0.25) is 5.91 Å². The number of hydrogen-bond donors (Lipinski definition) is 1. The van der Waals surface area contributed by atoms with E-state index < -0.39 is 22.6 Å². The summed E-state index contributed by atoms with van der Waals surface area (Å²) in [5, 5.41) is 12.8. The van der Waals surface area contributed by atoms with Crippen LogP contribution < -0.4 is 5.32 Å².